The second-order valence-electron chi connectivity index (χ2n) is 8.28. The number of hydrogen-bond donors (Lipinski definition) is 1. The fourth-order valence-corrected chi connectivity index (χ4v) is 4.20. The number of ether oxygens (including phenoxy) is 2. The summed E-state index contributed by atoms with van der Waals surface area (Å²) in [4.78, 5) is 11.9. The minimum Gasteiger partial charge on any atom is -0.493 e. The number of likely N-dealkylation sites (N-methyl/N-ethyl adjacent to an activating group) is 1. The Hall–Kier alpha value is -1.26. The third-order valence-electron chi connectivity index (χ3n) is 6.00. The van der Waals surface area contributed by atoms with E-state index in [4.69, 9.17) is 9.47 Å². The molecule has 0 aliphatic carbocycles. The van der Waals surface area contributed by atoms with Crippen LogP contribution in [0.3, 0.4) is 0 Å². The summed E-state index contributed by atoms with van der Waals surface area (Å²) in [6, 6.07) is 4.21. The molecule has 1 saturated heterocycles. The highest BCUT2D eigenvalue weighted by Gasteiger charge is 2.22. The van der Waals surface area contributed by atoms with Crippen LogP contribution in [-0.4, -0.2) is 94.8 Å². The van der Waals surface area contributed by atoms with Gasteiger partial charge in [-0.3, -0.25) is 4.99 Å². The summed E-state index contributed by atoms with van der Waals surface area (Å²) in [5.74, 6) is 3.16. The number of methoxy groups -OCH3 is 2. The SMILES string of the molecule is CN=C(NCC(C)CN1CCN(C)CC1)N1CCc2cc(OC)c(OC)cc2C1.I. The molecule has 0 spiro atoms. The number of benzene rings is 1. The van der Waals surface area contributed by atoms with Crippen LogP contribution in [0.15, 0.2) is 17.1 Å². The molecule has 170 valence electrons. The van der Waals surface area contributed by atoms with Crippen LogP contribution in [0.2, 0.25) is 0 Å². The molecule has 1 unspecified atom stereocenters. The van der Waals surface area contributed by atoms with Crippen LogP contribution in [0.25, 0.3) is 0 Å². The maximum absolute atomic E-state index is 5.49. The molecule has 2 aliphatic rings. The average molecular weight is 531 g/mol. The third-order valence-corrected chi connectivity index (χ3v) is 6.00. The molecule has 0 amide bonds. The molecule has 2 aliphatic heterocycles. The number of nitrogens with one attached hydrogen (secondary N) is 1. The van der Waals surface area contributed by atoms with Crippen molar-refractivity contribution in [3.8, 4) is 11.5 Å². The minimum absolute atomic E-state index is 0. The summed E-state index contributed by atoms with van der Waals surface area (Å²) in [5, 5.41) is 3.60. The van der Waals surface area contributed by atoms with Gasteiger partial charge in [0.05, 0.1) is 14.2 Å². The fraction of sp³-hybridized carbons (Fsp3) is 0.682. The van der Waals surface area contributed by atoms with E-state index in [2.05, 4.69) is 51.1 Å². The van der Waals surface area contributed by atoms with Crippen molar-refractivity contribution < 1.29 is 9.47 Å². The van der Waals surface area contributed by atoms with Crippen LogP contribution in [0, 0.1) is 5.92 Å². The molecule has 0 aromatic heterocycles. The lowest BCUT2D eigenvalue weighted by Crippen LogP contribution is -2.48. The second kappa shape index (κ2) is 12.0. The number of piperazine rings is 1. The Balaban J connectivity index is 0.00000320. The van der Waals surface area contributed by atoms with Gasteiger partial charge in [0.1, 0.15) is 0 Å². The molecule has 0 radical (unpaired) electrons. The van der Waals surface area contributed by atoms with E-state index in [0.717, 1.165) is 50.1 Å². The van der Waals surface area contributed by atoms with Gasteiger partial charge in [-0.25, -0.2) is 0 Å². The quantitative estimate of drug-likeness (QED) is 0.345. The molecule has 7 nitrogen and oxygen atoms in total. The van der Waals surface area contributed by atoms with Crippen LogP contribution in [0.4, 0.5) is 0 Å². The van der Waals surface area contributed by atoms with Crippen LogP contribution in [0.5, 0.6) is 11.5 Å². The van der Waals surface area contributed by atoms with Crippen LogP contribution in [-0.2, 0) is 13.0 Å². The average Bonchev–Trinajstić information content (AvgIpc) is 2.74. The van der Waals surface area contributed by atoms with Crippen molar-refractivity contribution in [2.24, 2.45) is 10.9 Å². The first kappa shape index (κ1) is 25.0. The van der Waals surface area contributed by atoms with Gasteiger partial charge >= 0.3 is 0 Å². The van der Waals surface area contributed by atoms with Crippen LogP contribution >= 0.6 is 24.0 Å². The smallest absolute Gasteiger partial charge is 0.193 e. The first-order valence-electron chi connectivity index (χ1n) is 10.6. The summed E-state index contributed by atoms with van der Waals surface area (Å²) in [6.07, 6.45) is 0.979. The molecule has 1 atom stereocenters. The molecule has 0 bridgehead atoms. The number of guanidine groups is 1. The van der Waals surface area contributed by atoms with Crippen LogP contribution in [0.1, 0.15) is 18.1 Å². The third kappa shape index (κ3) is 6.37. The molecular formula is C22H38IN5O2. The largest absolute Gasteiger partial charge is 0.493 e. The summed E-state index contributed by atoms with van der Waals surface area (Å²) in [6.45, 7) is 10.9. The van der Waals surface area contributed by atoms with Gasteiger partial charge in [0.25, 0.3) is 0 Å². The summed E-state index contributed by atoms with van der Waals surface area (Å²) in [7, 11) is 7.45. The summed E-state index contributed by atoms with van der Waals surface area (Å²) >= 11 is 0. The number of hydrogen-bond acceptors (Lipinski definition) is 5. The highest BCUT2D eigenvalue weighted by atomic mass is 127. The topological polar surface area (TPSA) is 52.6 Å². The van der Waals surface area contributed by atoms with Gasteiger partial charge in [0.15, 0.2) is 17.5 Å². The van der Waals surface area contributed by atoms with Crippen molar-refractivity contribution in [3.63, 3.8) is 0 Å². The van der Waals surface area contributed by atoms with Gasteiger partial charge in [-0.15, -0.1) is 24.0 Å². The lowest BCUT2D eigenvalue weighted by molar-refractivity contribution is 0.139. The van der Waals surface area contributed by atoms with Crippen molar-refractivity contribution in [2.75, 3.05) is 74.1 Å². The van der Waals surface area contributed by atoms with E-state index >= 15 is 0 Å². The number of rotatable bonds is 6. The van der Waals surface area contributed by atoms with E-state index in [1.54, 1.807) is 14.2 Å². The molecule has 1 fully saturated rings. The predicted molar refractivity (Wildman–Crippen MR) is 134 cm³/mol. The molecule has 1 aromatic carbocycles. The van der Waals surface area contributed by atoms with Gasteiger partial charge in [-0.05, 0) is 42.6 Å². The first-order chi connectivity index (χ1) is 14.0. The lowest BCUT2D eigenvalue weighted by Gasteiger charge is -2.35. The Morgan fingerprint density at radius 1 is 1.07 bits per heavy atom. The predicted octanol–water partition coefficient (Wildman–Crippen LogP) is 2.14. The minimum atomic E-state index is 0. The Labute approximate surface area is 198 Å². The molecular weight excluding hydrogens is 493 g/mol. The zero-order chi connectivity index (χ0) is 20.8. The Morgan fingerprint density at radius 3 is 2.30 bits per heavy atom. The zero-order valence-electron chi connectivity index (χ0n) is 19.1. The summed E-state index contributed by atoms with van der Waals surface area (Å²) < 4.78 is 10.9. The van der Waals surface area contributed by atoms with Crippen molar-refractivity contribution in [1.29, 1.82) is 0 Å². The van der Waals surface area contributed by atoms with Gasteiger partial charge in [-0.1, -0.05) is 6.92 Å². The Bertz CT molecular complexity index is 707. The standard InChI is InChI=1S/C22H37N5O2.HI/c1-17(15-26-10-8-25(3)9-11-26)14-24-22(23-2)27-7-6-18-12-20(28-4)21(29-5)13-19(18)16-27;/h12-13,17H,6-11,14-16H2,1-5H3,(H,23,24);1H. The molecule has 0 saturated carbocycles. The zero-order valence-corrected chi connectivity index (χ0v) is 21.4. The van der Waals surface area contributed by atoms with Crippen molar-refractivity contribution in [2.45, 2.75) is 19.9 Å². The highest BCUT2D eigenvalue weighted by molar-refractivity contribution is 14.0. The Kier molecular flexibility index (Phi) is 9.96. The number of fused-ring (bicyclic) bond motifs is 1. The molecule has 1 aromatic rings. The van der Waals surface area contributed by atoms with Crippen molar-refractivity contribution in [3.05, 3.63) is 23.3 Å². The molecule has 3 rings (SSSR count). The van der Waals surface area contributed by atoms with E-state index in [1.165, 1.54) is 37.3 Å². The van der Waals surface area contributed by atoms with Gasteiger partial charge in [0, 0.05) is 59.4 Å². The highest BCUT2D eigenvalue weighted by Crippen LogP contribution is 2.33. The van der Waals surface area contributed by atoms with E-state index in [-0.39, 0.29) is 24.0 Å². The van der Waals surface area contributed by atoms with Crippen molar-refractivity contribution >= 4 is 29.9 Å². The van der Waals surface area contributed by atoms with Crippen molar-refractivity contribution in [1.82, 2.24) is 20.0 Å². The van der Waals surface area contributed by atoms with Gasteiger partial charge in [-0.2, -0.15) is 0 Å². The summed E-state index contributed by atoms with van der Waals surface area (Å²) in [5.41, 5.74) is 2.61. The van der Waals surface area contributed by atoms with Gasteiger partial charge in [0.2, 0.25) is 0 Å². The maximum Gasteiger partial charge on any atom is 0.193 e. The monoisotopic (exact) mass is 531 g/mol. The normalized spacial score (nSPS) is 19.0. The van der Waals surface area contributed by atoms with E-state index < -0.39 is 0 Å². The maximum atomic E-state index is 5.49. The number of halogens is 1. The van der Waals surface area contributed by atoms with E-state index in [0.29, 0.717) is 5.92 Å². The van der Waals surface area contributed by atoms with E-state index in [1.807, 2.05) is 7.05 Å². The molecule has 2 heterocycles. The number of aliphatic imine (C=N–C) groups is 1. The molecule has 1 N–H and O–H groups in total. The number of nitrogens with zero attached hydrogens (tertiary/aromatic N) is 4. The Morgan fingerprint density at radius 2 is 1.70 bits per heavy atom. The van der Waals surface area contributed by atoms with E-state index in [9.17, 15) is 0 Å². The van der Waals surface area contributed by atoms with Crippen LogP contribution < -0.4 is 14.8 Å². The van der Waals surface area contributed by atoms with Gasteiger partial charge < -0.3 is 29.5 Å². The molecule has 30 heavy (non-hydrogen) atoms. The molecule has 8 heteroatoms. The fourth-order valence-electron chi connectivity index (χ4n) is 4.20. The lowest BCUT2D eigenvalue weighted by atomic mass is 9.99. The second-order valence-corrected chi connectivity index (χ2v) is 8.28. The first-order valence-corrected chi connectivity index (χ1v) is 10.6.